The van der Waals surface area contributed by atoms with Gasteiger partial charge in [0.15, 0.2) is 5.82 Å². The first-order valence-electron chi connectivity index (χ1n) is 13.1. The molecule has 1 N–H and O–H groups in total. The second-order valence-corrected chi connectivity index (χ2v) is 11.1. The smallest absolute Gasteiger partial charge is 0.253 e. The van der Waals surface area contributed by atoms with Crippen molar-refractivity contribution in [2.45, 2.75) is 65.7 Å². The van der Waals surface area contributed by atoms with Crippen LogP contribution in [0.1, 0.15) is 67.1 Å². The van der Waals surface area contributed by atoms with Crippen LogP contribution in [-0.4, -0.2) is 30.1 Å². The summed E-state index contributed by atoms with van der Waals surface area (Å²) in [6.07, 6.45) is 2.45. The average molecular weight is 545 g/mol. The van der Waals surface area contributed by atoms with Gasteiger partial charge in [0.25, 0.3) is 5.56 Å². The number of aryl methyl sites for hydroxylation is 2. The molecule has 39 heavy (non-hydrogen) atoms. The predicted molar refractivity (Wildman–Crippen MR) is 153 cm³/mol. The van der Waals surface area contributed by atoms with Crippen molar-refractivity contribution in [1.82, 2.24) is 30.1 Å². The van der Waals surface area contributed by atoms with Crippen molar-refractivity contribution in [3.05, 3.63) is 110 Å². The van der Waals surface area contributed by atoms with Crippen LogP contribution in [0.15, 0.2) is 70.1 Å². The molecule has 9 heteroatoms. The number of nitrogens with zero attached hydrogens (tertiary/aromatic N) is 5. The largest absolute Gasteiger partial charge is 0.468 e. The minimum absolute atomic E-state index is 0.190. The van der Waals surface area contributed by atoms with Crippen LogP contribution in [0.2, 0.25) is 5.02 Å². The van der Waals surface area contributed by atoms with Crippen molar-refractivity contribution in [2.24, 2.45) is 0 Å². The molecule has 0 saturated heterocycles. The first kappa shape index (κ1) is 26.8. The Labute approximate surface area is 232 Å². The highest BCUT2D eigenvalue weighted by atomic mass is 35.5. The monoisotopic (exact) mass is 544 g/mol. The van der Waals surface area contributed by atoms with Crippen molar-refractivity contribution in [2.75, 3.05) is 0 Å². The maximum atomic E-state index is 13.8. The molecule has 5 rings (SSSR count). The molecule has 0 aliphatic heterocycles. The first-order valence-corrected chi connectivity index (χ1v) is 13.5. The number of H-pyrrole nitrogens is 1. The minimum atomic E-state index is -0.596. The topological polar surface area (TPSA) is 92.8 Å². The molecule has 0 spiro atoms. The summed E-state index contributed by atoms with van der Waals surface area (Å²) in [5, 5.41) is 14.6. The Hall–Kier alpha value is -3.75. The third-order valence-corrected chi connectivity index (χ3v) is 7.82. The van der Waals surface area contributed by atoms with E-state index >= 15 is 0 Å². The highest BCUT2D eigenvalue weighted by molar-refractivity contribution is 6.31. The summed E-state index contributed by atoms with van der Waals surface area (Å²) in [4.78, 5) is 19.1. The van der Waals surface area contributed by atoms with Gasteiger partial charge >= 0.3 is 0 Å². The fraction of sp³-hybridized carbons (Fsp3) is 0.333. The summed E-state index contributed by atoms with van der Waals surface area (Å²) < 4.78 is 7.61. The van der Waals surface area contributed by atoms with Crippen LogP contribution >= 0.6 is 11.6 Å². The molecule has 0 aliphatic rings. The molecule has 0 bridgehead atoms. The molecule has 0 unspecified atom stereocenters. The van der Waals surface area contributed by atoms with Crippen LogP contribution in [0.25, 0.3) is 10.9 Å². The quantitative estimate of drug-likeness (QED) is 0.233. The molecule has 0 fully saturated rings. The van der Waals surface area contributed by atoms with Gasteiger partial charge in [-0.3, -0.25) is 9.69 Å². The summed E-state index contributed by atoms with van der Waals surface area (Å²) in [7, 11) is 0. The lowest BCUT2D eigenvalue weighted by molar-refractivity contribution is 0.168. The Morgan fingerprint density at radius 3 is 2.62 bits per heavy atom. The Morgan fingerprint density at radius 1 is 1.10 bits per heavy atom. The zero-order chi connectivity index (χ0) is 27.7. The van der Waals surface area contributed by atoms with Gasteiger partial charge in [-0.2, -0.15) is 0 Å². The zero-order valence-electron chi connectivity index (χ0n) is 22.9. The highest BCUT2D eigenvalue weighted by Crippen LogP contribution is 2.34. The molecule has 0 amide bonds. The number of fused-ring (bicyclic) bond motifs is 1. The van der Waals surface area contributed by atoms with Gasteiger partial charge in [0, 0.05) is 28.0 Å². The van der Waals surface area contributed by atoms with E-state index in [0.717, 1.165) is 39.8 Å². The Kier molecular flexibility index (Phi) is 7.42. The van der Waals surface area contributed by atoms with Gasteiger partial charge in [-0.05, 0) is 91.6 Å². The number of aromatic amines is 1. The van der Waals surface area contributed by atoms with E-state index in [1.807, 2.05) is 60.1 Å². The number of benzene rings is 2. The lowest BCUT2D eigenvalue weighted by atomic mass is 9.97. The highest BCUT2D eigenvalue weighted by Gasteiger charge is 2.35. The van der Waals surface area contributed by atoms with Gasteiger partial charge in [0.1, 0.15) is 11.8 Å². The van der Waals surface area contributed by atoms with E-state index in [1.54, 1.807) is 6.26 Å². The number of hydrogen-bond donors (Lipinski definition) is 1. The molecule has 0 radical (unpaired) electrons. The second kappa shape index (κ2) is 10.8. The van der Waals surface area contributed by atoms with E-state index in [9.17, 15) is 4.79 Å². The number of halogens is 1. The van der Waals surface area contributed by atoms with Crippen molar-refractivity contribution < 1.29 is 4.42 Å². The van der Waals surface area contributed by atoms with Crippen LogP contribution in [0, 0.1) is 13.8 Å². The van der Waals surface area contributed by atoms with Crippen LogP contribution < -0.4 is 5.56 Å². The molecular weight excluding hydrogens is 512 g/mol. The molecule has 0 aliphatic carbocycles. The lowest BCUT2D eigenvalue weighted by Gasteiger charge is -2.33. The van der Waals surface area contributed by atoms with Crippen molar-refractivity contribution in [3.63, 3.8) is 0 Å². The number of pyridine rings is 1. The average Bonchev–Trinajstić information content (AvgIpc) is 3.59. The molecule has 5 aromatic rings. The number of furan rings is 1. The molecule has 202 valence electrons. The van der Waals surface area contributed by atoms with Crippen LogP contribution in [0.5, 0.6) is 0 Å². The molecule has 1 atom stereocenters. The van der Waals surface area contributed by atoms with Crippen LogP contribution in [0.4, 0.5) is 0 Å². The fourth-order valence-electron chi connectivity index (χ4n) is 5.02. The second-order valence-electron chi connectivity index (χ2n) is 10.7. The normalized spacial score (nSPS) is 12.9. The fourth-order valence-corrected chi connectivity index (χ4v) is 5.22. The van der Waals surface area contributed by atoms with Gasteiger partial charge in [-0.1, -0.05) is 42.8 Å². The van der Waals surface area contributed by atoms with Gasteiger partial charge in [-0.15, -0.1) is 5.10 Å². The number of hydrogen-bond acceptors (Lipinski definition) is 6. The summed E-state index contributed by atoms with van der Waals surface area (Å²) in [6, 6.07) is 17.0. The van der Waals surface area contributed by atoms with Gasteiger partial charge in [0.2, 0.25) is 0 Å². The Balaban J connectivity index is 1.77. The van der Waals surface area contributed by atoms with Crippen molar-refractivity contribution in [3.8, 4) is 0 Å². The SMILES string of the molecule is CCC(C)(C)n1nnnc1[C@H](c1cc2c(C)cc(C)cc2[nH]c1=O)N(Cc1ccco1)Cc1ccccc1Cl. The Bertz CT molecular complexity index is 1650. The number of rotatable bonds is 9. The predicted octanol–water partition coefficient (Wildman–Crippen LogP) is 6.31. The maximum Gasteiger partial charge on any atom is 0.253 e. The third-order valence-electron chi connectivity index (χ3n) is 7.45. The van der Waals surface area contributed by atoms with E-state index in [4.69, 9.17) is 16.0 Å². The summed E-state index contributed by atoms with van der Waals surface area (Å²) in [6.45, 7) is 11.2. The maximum absolute atomic E-state index is 13.8. The molecule has 3 aromatic heterocycles. The number of nitrogens with one attached hydrogen (secondary N) is 1. The van der Waals surface area contributed by atoms with Gasteiger partial charge in [0.05, 0.1) is 18.3 Å². The van der Waals surface area contributed by atoms with E-state index in [1.165, 1.54) is 0 Å². The van der Waals surface area contributed by atoms with E-state index in [2.05, 4.69) is 59.2 Å². The number of aromatic nitrogens is 5. The van der Waals surface area contributed by atoms with E-state index in [-0.39, 0.29) is 11.1 Å². The van der Waals surface area contributed by atoms with E-state index < -0.39 is 6.04 Å². The standard InChI is InChI=1S/C30H33ClN6O2/c1-6-30(4,5)37-28(33-34-35-37)27(24-16-23-20(3)14-19(2)15-26(23)32-29(24)38)36(18-22-11-9-13-39-22)17-21-10-7-8-12-25(21)31/h7-16,27H,6,17-18H2,1-5H3,(H,32,38)/t27-/m0/s1. The molecule has 0 saturated carbocycles. The Morgan fingerprint density at radius 2 is 1.90 bits per heavy atom. The molecular formula is C30H33ClN6O2. The molecule has 8 nitrogen and oxygen atoms in total. The molecule has 3 heterocycles. The van der Waals surface area contributed by atoms with Gasteiger partial charge < -0.3 is 9.40 Å². The number of tetrazole rings is 1. The summed E-state index contributed by atoms with van der Waals surface area (Å²) in [5.41, 5.74) is 3.88. The summed E-state index contributed by atoms with van der Waals surface area (Å²) in [5.74, 6) is 1.33. The van der Waals surface area contributed by atoms with Gasteiger partial charge in [-0.25, -0.2) is 4.68 Å². The summed E-state index contributed by atoms with van der Waals surface area (Å²) >= 11 is 6.63. The third kappa shape index (κ3) is 5.40. The van der Waals surface area contributed by atoms with E-state index in [0.29, 0.717) is 29.5 Å². The van der Waals surface area contributed by atoms with Crippen LogP contribution in [0.3, 0.4) is 0 Å². The van der Waals surface area contributed by atoms with Crippen molar-refractivity contribution in [1.29, 1.82) is 0 Å². The molecule has 2 aromatic carbocycles. The van der Waals surface area contributed by atoms with Crippen LogP contribution in [-0.2, 0) is 18.6 Å². The lowest BCUT2D eigenvalue weighted by Crippen LogP contribution is -2.38. The minimum Gasteiger partial charge on any atom is -0.468 e. The first-order chi connectivity index (χ1) is 18.7. The zero-order valence-corrected chi connectivity index (χ0v) is 23.7. The van der Waals surface area contributed by atoms with Crippen molar-refractivity contribution >= 4 is 22.5 Å².